The second-order valence-electron chi connectivity index (χ2n) is 5.71. The van der Waals surface area contributed by atoms with Crippen LogP contribution in [0.5, 0.6) is 11.5 Å². The fraction of sp³-hybridized carbons (Fsp3) is 0.333. The van der Waals surface area contributed by atoms with E-state index in [4.69, 9.17) is 4.74 Å². The van der Waals surface area contributed by atoms with E-state index in [1.54, 1.807) is 25.3 Å². The predicted octanol–water partition coefficient (Wildman–Crippen LogP) is 3.11. The van der Waals surface area contributed by atoms with Crippen molar-refractivity contribution in [1.29, 1.82) is 0 Å². The first-order valence-electron chi connectivity index (χ1n) is 7.74. The summed E-state index contributed by atoms with van der Waals surface area (Å²) < 4.78 is 18.9. The van der Waals surface area contributed by atoms with Gasteiger partial charge in [-0.2, -0.15) is 0 Å². The largest absolute Gasteiger partial charge is 0.504 e. The van der Waals surface area contributed by atoms with E-state index in [9.17, 15) is 9.50 Å². The standard InChI is InChI=1S/C18H21FN2O2.ClH/c1-23-18-14(5-3-7-17(18)22)12-21-9-8-20-11-16(21)13-4-2-6-15(19)10-13;/h2-7,10,16,20,22H,8-9,11-12H2,1H3;1H. The summed E-state index contributed by atoms with van der Waals surface area (Å²) in [6.45, 7) is 3.14. The van der Waals surface area contributed by atoms with Crippen molar-refractivity contribution in [1.82, 2.24) is 10.2 Å². The number of halogens is 2. The number of para-hydroxylation sites is 1. The fourth-order valence-corrected chi connectivity index (χ4v) is 3.13. The molecule has 1 fully saturated rings. The number of phenolic OH excluding ortho intramolecular Hbond substituents is 1. The van der Waals surface area contributed by atoms with Crippen molar-refractivity contribution in [2.24, 2.45) is 0 Å². The third kappa shape index (κ3) is 3.98. The van der Waals surface area contributed by atoms with E-state index >= 15 is 0 Å². The number of ether oxygens (including phenoxy) is 1. The Morgan fingerprint density at radius 2 is 2.08 bits per heavy atom. The minimum absolute atomic E-state index is 0. The Morgan fingerprint density at radius 1 is 1.29 bits per heavy atom. The molecule has 2 aromatic rings. The zero-order chi connectivity index (χ0) is 16.2. The molecular weight excluding hydrogens is 331 g/mol. The van der Waals surface area contributed by atoms with Crippen LogP contribution in [0.4, 0.5) is 4.39 Å². The molecular formula is C18H22ClFN2O2. The number of phenols is 1. The van der Waals surface area contributed by atoms with Crippen LogP contribution in [0.3, 0.4) is 0 Å². The van der Waals surface area contributed by atoms with E-state index in [1.807, 2.05) is 18.2 Å². The van der Waals surface area contributed by atoms with E-state index in [-0.39, 0.29) is 30.0 Å². The molecule has 0 bridgehead atoms. The molecule has 0 radical (unpaired) electrons. The van der Waals surface area contributed by atoms with Gasteiger partial charge < -0.3 is 15.2 Å². The van der Waals surface area contributed by atoms with Gasteiger partial charge in [-0.1, -0.05) is 24.3 Å². The highest BCUT2D eigenvalue weighted by Crippen LogP contribution is 2.33. The number of nitrogens with one attached hydrogen (secondary N) is 1. The number of rotatable bonds is 4. The summed E-state index contributed by atoms with van der Waals surface area (Å²) in [6.07, 6.45) is 0. The van der Waals surface area contributed by atoms with Crippen molar-refractivity contribution in [2.75, 3.05) is 26.7 Å². The number of nitrogens with zero attached hydrogens (tertiary/aromatic N) is 1. The molecule has 0 amide bonds. The van der Waals surface area contributed by atoms with E-state index in [0.717, 1.165) is 30.8 Å². The minimum atomic E-state index is -0.219. The van der Waals surface area contributed by atoms with E-state index < -0.39 is 0 Å². The lowest BCUT2D eigenvalue weighted by Crippen LogP contribution is -2.45. The Kier molecular flexibility index (Phi) is 6.43. The monoisotopic (exact) mass is 352 g/mol. The molecule has 3 rings (SSSR count). The van der Waals surface area contributed by atoms with Gasteiger partial charge in [0, 0.05) is 37.8 Å². The van der Waals surface area contributed by atoms with Gasteiger partial charge in [-0.3, -0.25) is 4.90 Å². The van der Waals surface area contributed by atoms with E-state index in [0.29, 0.717) is 12.3 Å². The molecule has 130 valence electrons. The molecule has 1 unspecified atom stereocenters. The maximum atomic E-state index is 13.6. The van der Waals surface area contributed by atoms with Gasteiger partial charge in [0.25, 0.3) is 0 Å². The normalized spacial score (nSPS) is 18.0. The highest BCUT2D eigenvalue weighted by molar-refractivity contribution is 5.85. The van der Waals surface area contributed by atoms with Crippen LogP contribution >= 0.6 is 12.4 Å². The van der Waals surface area contributed by atoms with Crippen LogP contribution < -0.4 is 10.1 Å². The molecule has 1 saturated heterocycles. The molecule has 2 N–H and O–H groups in total. The van der Waals surface area contributed by atoms with Gasteiger partial charge in [0.2, 0.25) is 0 Å². The molecule has 2 aromatic carbocycles. The van der Waals surface area contributed by atoms with Crippen molar-refractivity contribution < 1.29 is 14.2 Å². The van der Waals surface area contributed by atoms with Gasteiger partial charge in [0.1, 0.15) is 5.82 Å². The van der Waals surface area contributed by atoms with Crippen LogP contribution in [0, 0.1) is 5.82 Å². The van der Waals surface area contributed by atoms with Crippen LogP contribution in [0.15, 0.2) is 42.5 Å². The molecule has 24 heavy (non-hydrogen) atoms. The number of benzene rings is 2. The Bertz CT molecular complexity index is 684. The van der Waals surface area contributed by atoms with Crippen molar-refractivity contribution in [3.05, 3.63) is 59.4 Å². The minimum Gasteiger partial charge on any atom is -0.504 e. The third-order valence-electron chi connectivity index (χ3n) is 4.24. The summed E-state index contributed by atoms with van der Waals surface area (Å²) in [7, 11) is 1.56. The molecule has 0 aliphatic carbocycles. The zero-order valence-electron chi connectivity index (χ0n) is 13.5. The Labute approximate surface area is 147 Å². The van der Waals surface area contributed by atoms with E-state index in [1.165, 1.54) is 6.07 Å². The highest BCUT2D eigenvalue weighted by atomic mass is 35.5. The predicted molar refractivity (Wildman–Crippen MR) is 94.3 cm³/mol. The SMILES string of the molecule is COc1c(O)cccc1CN1CCNCC1c1cccc(F)c1.Cl. The van der Waals surface area contributed by atoms with Crippen LogP contribution in [-0.4, -0.2) is 36.8 Å². The Morgan fingerprint density at radius 3 is 2.83 bits per heavy atom. The lowest BCUT2D eigenvalue weighted by molar-refractivity contribution is 0.151. The first-order chi connectivity index (χ1) is 11.2. The third-order valence-corrected chi connectivity index (χ3v) is 4.24. The number of hydrogen-bond donors (Lipinski definition) is 2. The topological polar surface area (TPSA) is 44.7 Å². The molecule has 1 atom stereocenters. The van der Waals surface area contributed by atoms with E-state index in [2.05, 4.69) is 10.2 Å². The smallest absolute Gasteiger partial charge is 0.164 e. The fourth-order valence-electron chi connectivity index (χ4n) is 3.13. The maximum absolute atomic E-state index is 13.6. The van der Waals surface area contributed by atoms with Crippen molar-refractivity contribution in [3.63, 3.8) is 0 Å². The Hall–Kier alpha value is -1.82. The van der Waals surface area contributed by atoms with Gasteiger partial charge >= 0.3 is 0 Å². The second kappa shape index (κ2) is 8.33. The van der Waals surface area contributed by atoms with Crippen LogP contribution in [0.25, 0.3) is 0 Å². The molecule has 0 aromatic heterocycles. The summed E-state index contributed by atoms with van der Waals surface area (Å²) in [5, 5.41) is 13.3. The molecule has 0 saturated carbocycles. The first kappa shape index (κ1) is 18.5. The summed E-state index contributed by atoms with van der Waals surface area (Å²) in [5.74, 6) is 0.425. The lowest BCUT2D eigenvalue weighted by Gasteiger charge is -2.36. The number of aromatic hydroxyl groups is 1. The first-order valence-corrected chi connectivity index (χ1v) is 7.74. The van der Waals surface area contributed by atoms with Crippen molar-refractivity contribution in [2.45, 2.75) is 12.6 Å². The van der Waals surface area contributed by atoms with Crippen LogP contribution in [0.2, 0.25) is 0 Å². The highest BCUT2D eigenvalue weighted by Gasteiger charge is 2.25. The van der Waals surface area contributed by atoms with Gasteiger partial charge in [-0.05, 0) is 23.8 Å². The summed E-state index contributed by atoms with van der Waals surface area (Å²) in [4.78, 5) is 2.28. The average molecular weight is 353 g/mol. The van der Waals surface area contributed by atoms with Gasteiger partial charge in [-0.25, -0.2) is 4.39 Å². The Balaban J connectivity index is 0.00000208. The zero-order valence-corrected chi connectivity index (χ0v) is 14.4. The number of methoxy groups -OCH3 is 1. The summed E-state index contributed by atoms with van der Waals surface area (Å²) in [5.41, 5.74) is 1.88. The van der Waals surface area contributed by atoms with Crippen molar-refractivity contribution >= 4 is 12.4 Å². The molecule has 1 heterocycles. The van der Waals surface area contributed by atoms with Gasteiger partial charge in [0.15, 0.2) is 11.5 Å². The number of piperazine rings is 1. The molecule has 4 nitrogen and oxygen atoms in total. The molecule has 0 spiro atoms. The summed E-state index contributed by atoms with van der Waals surface area (Å²) >= 11 is 0. The van der Waals surface area contributed by atoms with Crippen LogP contribution in [0.1, 0.15) is 17.2 Å². The lowest BCUT2D eigenvalue weighted by atomic mass is 10.0. The molecule has 1 aliphatic rings. The number of hydrogen-bond acceptors (Lipinski definition) is 4. The summed E-state index contributed by atoms with van der Waals surface area (Å²) in [6, 6.07) is 12.2. The van der Waals surface area contributed by atoms with Gasteiger partial charge in [-0.15, -0.1) is 12.4 Å². The maximum Gasteiger partial charge on any atom is 0.164 e. The van der Waals surface area contributed by atoms with Gasteiger partial charge in [0.05, 0.1) is 7.11 Å². The quantitative estimate of drug-likeness (QED) is 0.887. The molecule has 1 aliphatic heterocycles. The van der Waals surface area contributed by atoms with Crippen molar-refractivity contribution in [3.8, 4) is 11.5 Å². The average Bonchev–Trinajstić information content (AvgIpc) is 2.56. The molecule has 6 heteroatoms. The second-order valence-corrected chi connectivity index (χ2v) is 5.71. The van der Waals surface area contributed by atoms with Crippen LogP contribution in [-0.2, 0) is 6.54 Å².